The van der Waals surface area contributed by atoms with E-state index in [2.05, 4.69) is 164 Å². The van der Waals surface area contributed by atoms with Gasteiger partial charge >= 0.3 is 0 Å². The predicted octanol–water partition coefficient (Wildman–Crippen LogP) is 15.5. The molecule has 0 atom stereocenters. The third kappa shape index (κ3) is 5.38. The maximum atomic E-state index is 6.70. The number of hydrogen-bond acceptors (Lipinski definition) is 5. The lowest BCUT2D eigenvalue weighted by molar-refractivity contribution is 0.668. The minimum absolute atomic E-state index is 0.523. The van der Waals surface area contributed by atoms with E-state index in [0.29, 0.717) is 17.5 Å². The molecule has 0 aliphatic carbocycles. The first-order valence-corrected chi connectivity index (χ1v) is 20.8. The molecule has 10 aromatic carbocycles. The van der Waals surface area contributed by atoms with Gasteiger partial charge < -0.3 is 8.83 Å². The van der Waals surface area contributed by atoms with Crippen LogP contribution in [0.5, 0.6) is 0 Å². The van der Waals surface area contributed by atoms with Crippen LogP contribution in [0.4, 0.5) is 0 Å². The maximum Gasteiger partial charge on any atom is 0.167 e. The van der Waals surface area contributed by atoms with E-state index in [4.69, 9.17) is 23.8 Å². The molecule has 5 heteroatoms. The maximum absolute atomic E-state index is 6.70. The fourth-order valence-corrected chi connectivity index (χ4v) is 9.42. The average molecular weight is 792 g/mol. The Kier molecular flexibility index (Phi) is 7.54. The number of rotatable bonds is 5. The molecule has 0 fully saturated rings. The van der Waals surface area contributed by atoms with E-state index in [-0.39, 0.29) is 0 Å². The Labute approximate surface area is 355 Å². The van der Waals surface area contributed by atoms with Crippen molar-refractivity contribution in [3.63, 3.8) is 0 Å². The molecule has 13 aromatic rings. The fraction of sp³-hybridized carbons (Fsp3) is 0. The highest BCUT2D eigenvalue weighted by molar-refractivity contribution is 6.17. The normalized spacial score (nSPS) is 11.9. The number of benzene rings is 10. The van der Waals surface area contributed by atoms with Crippen LogP contribution in [0.25, 0.3) is 133 Å². The van der Waals surface area contributed by atoms with E-state index in [1.54, 1.807) is 0 Å². The highest BCUT2D eigenvalue weighted by Gasteiger charge is 2.22. The summed E-state index contributed by atoms with van der Waals surface area (Å²) in [6.07, 6.45) is 0. The van der Waals surface area contributed by atoms with E-state index in [1.165, 1.54) is 32.5 Å². The first kappa shape index (κ1) is 34.5. The van der Waals surface area contributed by atoms with Crippen LogP contribution >= 0.6 is 0 Å². The van der Waals surface area contributed by atoms with E-state index >= 15 is 0 Å². The van der Waals surface area contributed by atoms with Crippen molar-refractivity contribution < 1.29 is 8.83 Å². The van der Waals surface area contributed by atoms with Gasteiger partial charge in [0, 0.05) is 32.7 Å². The third-order valence-corrected chi connectivity index (χ3v) is 12.3. The lowest BCUT2D eigenvalue weighted by Gasteiger charge is -2.14. The van der Waals surface area contributed by atoms with Crippen molar-refractivity contribution in [2.75, 3.05) is 0 Å². The van der Waals surface area contributed by atoms with Gasteiger partial charge in [-0.25, -0.2) is 15.0 Å². The molecular formula is C57H33N3O2. The summed E-state index contributed by atoms with van der Waals surface area (Å²) in [4.78, 5) is 16.0. The molecule has 0 saturated heterocycles. The second-order valence-electron chi connectivity index (χ2n) is 15.9. The van der Waals surface area contributed by atoms with Crippen LogP contribution < -0.4 is 0 Å². The van der Waals surface area contributed by atoms with Crippen LogP contribution in [-0.2, 0) is 0 Å². The summed E-state index contributed by atoms with van der Waals surface area (Å²) in [6, 6.07) is 69.9. The van der Waals surface area contributed by atoms with Crippen molar-refractivity contribution in [1.82, 2.24) is 15.0 Å². The molecule has 0 saturated carbocycles. The summed E-state index contributed by atoms with van der Waals surface area (Å²) in [5.41, 5.74) is 10.0. The summed E-state index contributed by atoms with van der Waals surface area (Å²) in [5.74, 6) is 1.63. The Morgan fingerprint density at radius 2 is 0.839 bits per heavy atom. The van der Waals surface area contributed by atoms with Gasteiger partial charge in [-0.3, -0.25) is 0 Å². The zero-order valence-corrected chi connectivity index (χ0v) is 33.2. The van der Waals surface area contributed by atoms with Crippen molar-refractivity contribution in [1.29, 1.82) is 0 Å². The minimum Gasteiger partial charge on any atom is -0.456 e. The van der Waals surface area contributed by atoms with Crippen LogP contribution in [0.1, 0.15) is 0 Å². The molecule has 0 radical (unpaired) electrons. The number of para-hydroxylation sites is 3. The van der Waals surface area contributed by atoms with Gasteiger partial charge in [0.2, 0.25) is 0 Å². The SMILES string of the molecule is c1ccc2c(-c3ccc(-c4nc(-c5cccc6c5oc5ccccc56)nc(-c5cc(-c6cc7ccccc7c7ccccc67)cc6oc7ccccc7c56)n4)cc3)cccc2c1. The van der Waals surface area contributed by atoms with Gasteiger partial charge in [0.25, 0.3) is 0 Å². The number of furan rings is 2. The summed E-state index contributed by atoms with van der Waals surface area (Å²) < 4.78 is 13.3. The Hall–Kier alpha value is -8.41. The third-order valence-electron chi connectivity index (χ3n) is 12.3. The monoisotopic (exact) mass is 791 g/mol. The first-order chi connectivity index (χ1) is 30.7. The molecule has 0 spiro atoms. The van der Waals surface area contributed by atoms with Crippen LogP contribution in [0.15, 0.2) is 209 Å². The smallest absolute Gasteiger partial charge is 0.167 e. The fourth-order valence-electron chi connectivity index (χ4n) is 9.42. The van der Waals surface area contributed by atoms with Crippen LogP contribution in [0, 0.1) is 0 Å². The minimum atomic E-state index is 0.523. The lowest BCUT2D eigenvalue weighted by atomic mass is 9.91. The number of hydrogen-bond donors (Lipinski definition) is 0. The van der Waals surface area contributed by atoms with Gasteiger partial charge in [-0.15, -0.1) is 0 Å². The molecule has 62 heavy (non-hydrogen) atoms. The molecule has 3 heterocycles. The summed E-state index contributed by atoms with van der Waals surface area (Å²) in [5, 5.41) is 11.2. The quantitative estimate of drug-likeness (QED) is 0.162. The summed E-state index contributed by atoms with van der Waals surface area (Å²) in [7, 11) is 0. The van der Waals surface area contributed by atoms with E-state index in [9.17, 15) is 0 Å². The van der Waals surface area contributed by atoms with Crippen molar-refractivity contribution in [3.05, 3.63) is 200 Å². The largest absolute Gasteiger partial charge is 0.456 e. The molecule has 0 amide bonds. The molecule has 13 rings (SSSR count). The summed E-state index contributed by atoms with van der Waals surface area (Å²) >= 11 is 0. The van der Waals surface area contributed by atoms with E-state index in [0.717, 1.165) is 82.6 Å². The van der Waals surface area contributed by atoms with E-state index < -0.39 is 0 Å². The second kappa shape index (κ2) is 13.6. The highest BCUT2D eigenvalue weighted by Crippen LogP contribution is 2.43. The molecule has 0 N–H and O–H groups in total. The number of aromatic nitrogens is 3. The Bertz CT molecular complexity index is 3930. The number of fused-ring (bicyclic) bond motifs is 10. The van der Waals surface area contributed by atoms with Crippen LogP contribution in [-0.4, -0.2) is 15.0 Å². The standard InChI is InChI=1S/C57H33N3O2/c1-3-16-39-34(13-1)15-11-22-40(39)35-27-29-36(30-28-35)55-58-56(47-24-12-23-45-44-20-7-9-25-50(44)62-54(45)47)60-57(59-55)49-32-38(33-52-53(49)46-21-8-10-26-51(46)61-52)48-31-37-14-2-4-17-41(37)42-18-5-6-19-43(42)48/h1-33H. The van der Waals surface area contributed by atoms with Crippen molar-refractivity contribution in [2.24, 2.45) is 0 Å². The zero-order valence-electron chi connectivity index (χ0n) is 33.2. The Morgan fingerprint density at radius 3 is 1.66 bits per heavy atom. The molecule has 5 nitrogen and oxygen atoms in total. The molecule has 0 bridgehead atoms. The number of nitrogens with zero attached hydrogens (tertiary/aromatic N) is 3. The predicted molar refractivity (Wildman–Crippen MR) is 254 cm³/mol. The van der Waals surface area contributed by atoms with Gasteiger partial charge in [-0.1, -0.05) is 164 Å². The van der Waals surface area contributed by atoms with Gasteiger partial charge in [0.05, 0.1) is 5.56 Å². The molecule has 0 unspecified atom stereocenters. The first-order valence-electron chi connectivity index (χ1n) is 20.8. The van der Waals surface area contributed by atoms with Gasteiger partial charge in [-0.2, -0.15) is 0 Å². The molecule has 3 aromatic heterocycles. The van der Waals surface area contributed by atoms with E-state index in [1.807, 2.05) is 36.4 Å². The van der Waals surface area contributed by atoms with Crippen LogP contribution in [0.3, 0.4) is 0 Å². The van der Waals surface area contributed by atoms with Crippen LogP contribution in [0.2, 0.25) is 0 Å². The average Bonchev–Trinajstić information content (AvgIpc) is 3.92. The lowest BCUT2D eigenvalue weighted by Crippen LogP contribution is -2.01. The second-order valence-corrected chi connectivity index (χ2v) is 15.9. The highest BCUT2D eigenvalue weighted by atomic mass is 16.3. The van der Waals surface area contributed by atoms with Gasteiger partial charge in [0.1, 0.15) is 22.3 Å². The van der Waals surface area contributed by atoms with Crippen molar-refractivity contribution in [3.8, 4) is 56.4 Å². The van der Waals surface area contributed by atoms with Crippen molar-refractivity contribution >= 4 is 76.2 Å². The summed E-state index contributed by atoms with van der Waals surface area (Å²) in [6.45, 7) is 0. The molecule has 0 aliphatic heterocycles. The molecular weight excluding hydrogens is 759 g/mol. The topological polar surface area (TPSA) is 65.0 Å². The molecule has 0 aliphatic rings. The van der Waals surface area contributed by atoms with Crippen molar-refractivity contribution in [2.45, 2.75) is 0 Å². The Morgan fingerprint density at radius 1 is 0.274 bits per heavy atom. The zero-order chi connectivity index (χ0) is 40.7. The Balaban J connectivity index is 1.08. The van der Waals surface area contributed by atoms with Gasteiger partial charge in [0.15, 0.2) is 17.5 Å². The van der Waals surface area contributed by atoms with Gasteiger partial charge in [-0.05, 0) is 91.0 Å². The molecule has 288 valence electrons.